The van der Waals surface area contributed by atoms with Crippen LogP contribution in [0.1, 0.15) is 25.2 Å². The van der Waals surface area contributed by atoms with E-state index in [1.807, 2.05) is 19.1 Å². The number of aryl methyl sites for hydroxylation is 1. The van der Waals surface area contributed by atoms with Gasteiger partial charge in [0.05, 0.1) is 12.3 Å². The Morgan fingerprint density at radius 3 is 2.72 bits per heavy atom. The first-order chi connectivity index (χ1) is 8.52. The highest BCUT2D eigenvalue weighted by Gasteiger charge is 2.09. The van der Waals surface area contributed by atoms with Crippen LogP contribution in [0.2, 0.25) is 0 Å². The molecule has 0 radical (unpaired) electrons. The summed E-state index contributed by atoms with van der Waals surface area (Å²) in [6.45, 7) is 6.42. The van der Waals surface area contributed by atoms with Crippen LogP contribution in [0.25, 0.3) is 0 Å². The van der Waals surface area contributed by atoms with E-state index in [0.29, 0.717) is 18.3 Å². The Morgan fingerprint density at radius 1 is 1.39 bits per heavy atom. The highest BCUT2D eigenvalue weighted by Crippen LogP contribution is 2.17. The molecule has 5 nitrogen and oxygen atoms in total. The molecule has 0 aliphatic carbocycles. The van der Waals surface area contributed by atoms with Gasteiger partial charge < -0.3 is 20.3 Å². The SMILES string of the molecule is Cc1ccc(OCC(O)CO)c(CNC(C)C)n1. The molecule has 18 heavy (non-hydrogen) atoms. The third-order valence-electron chi connectivity index (χ3n) is 2.39. The number of aliphatic hydroxyl groups is 2. The van der Waals surface area contributed by atoms with E-state index >= 15 is 0 Å². The van der Waals surface area contributed by atoms with E-state index in [1.54, 1.807) is 0 Å². The van der Waals surface area contributed by atoms with Gasteiger partial charge in [-0.1, -0.05) is 13.8 Å². The van der Waals surface area contributed by atoms with Crippen molar-refractivity contribution in [3.05, 3.63) is 23.5 Å². The summed E-state index contributed by atoms with van der Waals surface area (Å²) < 4.78 is 5.46. The molecule has 0 saturated carbocycles. The van der Waals surface area contributed by atoms with Crippen LogP contribution in [0.3, 0.4) is 0 Å². The zero-order valence-corrected chi connectivity index (χ0v) is 11.2. The zero-order valence-electron chi connectivity index (χ0n) is 11.2. The molecule has 0 aromatic carbocycles. The minimum atomic E-state index is -0.864. The molecule has 3 N–H and O–H groups in total. The third-order valence-corrected chi connectivity index (χ3v) is 2.39. The van der Waals surface area contributed by atoms with Gasteiger partial charge in [-0.2, -0.15) is 0 Å². The van der Waals surface area contributed by atoms with E-state index in [4.69, 9.17) is 9.84 Å². The van der Waals surface area contributed by atoms with Crippen molar-refractivity contribution in [3.63, 3.8) is 0 Å². The lowest BCUT2D eigenvalue weighted by Gasteiger charge is -2.15. The summed E-state index contributed by atoms with van der Waals surface area (Å²) in [7, 11) is 0. The number of ether oxygens (including phenoxy) is 1. The number of aromatic nitrogens is 1. The molecule has 1 unspecified atom stereocenters. The van der Waals surface area contributed by atoms with Crippen molar-refractivity contribution < 1.29 is 14.9 Å². The summed E-state index contributed by atoms with van der Waals surface area (Å²) in [5, 5.41) is 21.3. The van der Waals surface area contributed by atoms with E-state index < -0.39 is 6.10 Å². The first-order valence-electron chi connectivity index (χ1n) is 6.14. The minimum absolute atomic E-state index is 0.0654. The molecule has 1 aromatic rings. The van der Waals surface area contributed by atoms with Crippen molar-refractivity contribution in [2.24, 2.45) is 0 Å². The Balaban J connectivity index is 2.69. The fraction of sp³-hybridized carbons (Fsp3) is 0.615. The monoisotopic (exact) mass is 254 g/mol. The second kappa shape index (κ2) is 7.31. The van der Waals surface area contributed by atoms with E-state index in [9.17, 15) is 5.11 Å². The van der Waals surface area contributed by atoms with Crippen LogP contribution in [0.15, 0.2) is 12.1 Å². The normalized spacial score (nSPS) is 12.8. The molecule has 1 rings (SSSR count). The van der Waals surface area contributed by atoms with Gasteiger partial charge in [-0.3, -0.25) is 4.98 Å². The fourth-order valence-electron chi connectivity index (χ4n) is 1.40. The molecular formula is C13H22N2O3. The summed E-state index contributed by atoms with van der Waals surface area (Å²) in [5.41, 5.74) is 1.74. The van der Waals surface area contributed by atoms with Crippen LogP contribution in [0.5, 0.6) is 5.75 Å². The summed E-state index contributed by atoms with van der Waals surface area (Å²) in [5.74, 6) is 0.640. The van der Waals surface area contributed by atoms with Gasteiger partial charge in [0.25, 0.3) is 0 Å². The minimum Gasteiger partial charge on any atom is -0.489 e. The van der Waals surface area contributed by atoms with Crippen LogP contribution in [-0.2, 0) is 6.54 Å². The van der Waals surface area contributed by atoms with Crippen LogP contribution in [0.4, 0.5) is 0 Å². The maximum Gasteiger partial charge on any atom is 0.142 e. The number of hydrogen-bond acceptors (Lipinski definition) is 5. The Kier molecular flexibility index (Phi) is 6.04. The molecule has 0 amide bonds. The van der Waals surface area contributed by atoms with Crippen molar-refractivity contribution in [1.82, 2.24) is 10.3 Å². The van der Waals surface area contributed by atoms with Gasteiger partial charge in [0.2, 0.25) is 0 Å². The molecule has 1 heterocycles. The molecule has 0 fully saturated rings. The molecule has 5 heteroatoms. The Labute approximate surface area is 108 Å². The Bertz CT molecular complexity index is 369. The van der Waals surface area contributed by atoms with Gasteiger partial charge in [0.15, 0.2) is 0 Å². The van der Waals surface area contributed by atoms with Crippen molar-refractivity contribution in [1.29, 1.82) is 0 Å². The molecule has 0 aliphatic heterocycles. The standard InChI is InChI=1S/C13H22N2O3/c1-9(2)14-6-12-13(5-4-10(3)15-12)18-8-11(17)7-16/h4-5,9,11,14,16-17H,6-8H2,1-3H3. The van der Waals surface area contributed by atoms with Gasteiger partial charge in [0, 0.05) is 18.3 Å². The predicted molar refractivity (Wildman–Crippen MR) is 69.5 cm³/mol. The molecule has 1 atom stereocenters. The first kappa shape index (κ1) is 14.9. The van der Waals surface area contributed by atoms with Crippen LogP contribution >= 0.6 is 0 Å². The number of pyridine rings is 1. The molecule has 0 aliphatic rings. The van der Waals surface area contributed by atoms with Crippen molar-refractivity contribution >= 4 is 0 Å². The van der Waals surface area contributed by atoms with Crippen molar-refractivity contribution in [2.45, 2.75) is 39.5 Å². The second-order valence-electron chi connectivity index (χ2n) is 4.58. The molecule has 102 valence electrons. The lowest BCUT2D eigenvalue weighted by Crippen LogP contribution is -2.25. The number of rotatable bonds is 7. The van der Waals surface area contributed by atoms with Crippen LogP contribution in [0, 0.1) is 6.92 Å². The molecule has 1 aromatic heterocycles. The van der Waals surface area contributed by atoms with Gasteiger partial charge in [0.1, 0.15) is 18.5 Å². The van der Waals surface area contributed by atoms with E-state index in [1.165, 1.54) is 0 Å². The Morgan fingerprint density at radius 2 is 2.11 bits per heavy atom. The largest absolute Gasteiger partial charge is 0.489 e. The lowest BCUT2D eigenvalue weighted by molar-refractivity contribution is 0.0531. The summed E-state index contributed by atoms with van der Waals surface area (Å²) in [4.78, 5) is 4.42. The maximum absolute atomic E-state index is 9.27. The average molecular weight is 254 g/mol. The lowest BCUT2D eigenvalue weighted by atomic mass is 10.2. The van der Waals surface area contributed by atoms with Gasteiger partial charge >= 0.3 is 0 Å². The van der Waals surface area contributed by atoms with Crippen LogP contribution in [-0.4, -0.2) is 40.6 Å². The smallest absolute Gasteiger partial charge is 0.142 e. The topological polar surface area (TPSA) is 74.6 Å². The van der Waals surface area contributed by atoms with E-state index in [2.05, 4.69) is 24.1 Å². The Hall–Kier alpha value is -1.17. The van der Waals surface area contributed by atoms with Gasteiger partial charge in [-0.25, -0.2) is 0 Å². The molecule has 0 bridgehead atoms. The number of nitrogens with one attached hydrogen (secondary N) is 1. The summed E-state index contributed by atoms with van der Waals surface area (Å²) in [6.07, 6.45) is -0.864. The number of nitrogens with zero attached hydrogens (tertiary/aromatic N) is 1. The molecule has 0 spiro atoms. The summed E-state index contributed by atoms with van der Waals surface area (Å²) in [6, 6.07) is 4.06. The predicted octanol–water partition coefficient (Wildman–Crippen LogP) is 0.620. The van der Waals surface area contributed by atoms with Crippen molar-refractivity contribution in [3.8, 4) is 5.75 Å². The highest BCUT2D eigenvalue weighted by atomic mass is 16.5. The van der Waals surface area contributed by atoms with Crippen molar-refractivity contribution in [2.75, 3.05) is 13.2 Å². The molecular weight excluding hydrogens is 232 g/mol. The first-order valence-corrected chi connectivity index (χ1v) is 6.14. The zero-order chi connectivity index (χ0) is 13.5. The second-order valence-corrected chi connectivity index (χ2v) is 4.58. The number of hydrogen-bond donors (Lipinski definition) is 3. The average Bonchev–Trinajstić information content (AvgIpc) is 2.34. The quantitative estimate of drug-likeness (QED) is 0.665. The van der Waals surface area contributed by atoms with Gasteiger partial charge in [-0.15, -0.1) is 0 Å². The highest BCUT2D eigenvalue weighted by molar-refractivity contribution is 5.29. The van der Waals surface area contributed by atoms with Gasteiger partial charge in [-0.05, 0) is 19.1 Å². The van der Waals surface area contributed by atoms with E-state index in [-0.39, 0.29) is 13.2 Å². The summed E-state index contributed by atoms with van der Waals surface area (Å²) >= 11 is 0. The van der Waals surface area contributed by atoms with Crippen LogP contribution < -0.4 is 10.1 Å². The number of aliphatic hydroxyl groups excluding tert-OH is 2. The van der Waals surface area contributed by atoms with E-state index in [0.717, 1.165) is 11.4 Å². The maximum atomic E-state index is 9.27. The fourth-order valence-corrected chi connectivity index (χ4v) is 1.40. The third kappa shape index (κ3) is 5.00. The molecule has 0 saturated heterocycles.